The summed E-state index contributed by atoms with van der Waals surface area (Å²) in [5, 5.41) is 13.4. The number of aliphatic imine (C=N–C) groups is 1. The van der Waals surface area contributed by atoms with E-state index in [1.165, 1.54) is 30.5 Å². The Hall–Kier alpha value is -3.97. The van der Waals surface area contributed by atoms with Crippen LogP contribution in [0, 0.1) is 15.9 Å². The Balaban J connectivity index is 2.08. The molecule has 0 atom stereocenters. The Kier molecular flexibility index (Phi) is 8.39. The van der Waals surface area contributed by atoms with E-state index in [0.717, 1.165) is 34.8 Å². The highest BCUT2D eigenvalue weighted by Crippen LogP contribution is 2.41. The third-order valence-electron chi connectivity index (χ3n) is 4.28. The summed E-state index contributed by atoms with van der Waals surface area (Å²) < 4.78 is 23.4. The third kappa shape index (κ3) is 6.13. The van der Waals surface area contributed by atoms with E-state index in [1.807, 2.05) is 0 Å². The van der Waals surface area contributed by atoms with Crippen molar-refractivity contribution in [3.8, 4) is 0 Å². The van der Waals surface area contributed by atoms with E-state index >= 15 is 0 Å². The quantitative estimate of drug-likeness (QED) is 0.177. The van der Waals surface area contributed by atoms with Crippen LogP contribution >= 0.6 is 22.7 Å². The monoisotopic (exact) mass is 519 g/mol. The number of carbonyl (C=O) groups excluding carboxylic acids is 3. The molecular formula is C22H18FN3O7S2. The molecule has 0 aliphatic rings. The second kappa shape index (κ2) is 11.4. The maximum absolute atomic E-state index is 13.2. The van der Waals surface area contributed by atoms with Gasteiger partial charge in [0.1, 0.15) is 26.9 Å². The van der Waals surface area contributed by atoms with E-state index in [-0.39, 0.29) is 44.9 Å². The number of carbonyl (C=O) groups is 3. The molecule has 0 unspecified atom stereocenters. The predicted octanol–water partition coefficient (Wildman–Crippen LogP) is 5.21. The Morgan fingerprint density at radius 1 is 1.03 bits per heavy atom. The van der Waals surface area contributed by atoms with Gasteiger partial charge in [-0.2, -0.15) is 0 Å². The van der Waals surface area contributed by atoms with Gasteiger partial charge in [-0.05, 0) is 44.2 Å². The van der Waals surface area contributed by atoms with Crippen LogP contribution in [-0.2, 0) is 9.47 Å². The number of halogens is 1. The van der Waals surface area contributed by atoms with Gasteiger partial charge in [0.05, 0.1) is 23.0 Å². The van der Waals surface area contributed by atoms with Gasteiger partial charge >= 0.3 is 16.9 Å². The normalized spacial score (nSPS) is 10.8. The van der Waals surface area contributed by atoms with E-state index in [2.05, 4.69) is 10.3 Å². The molecule has 3 aromatic rings. The minimum Gasteiger partial charge on any atom is -0.462 e. The standard InChI is InChI=1S/C22H18FN3O7S2/c1-3-32-21(28)16-17(22(29)33-4-2)20(25-18(27)12-5-7-13(23)8-6-12)35-19(16)24-11-14-9-10-15(34-14)26(30)31/h5-11H,3-4H2,1-2H3,(H,25,27). The van der Waals surface area contributed by atoms with Gasteiger partial charge in [-0.15, -0.1) is 0 Å². The maximum atomic E-state index is 13.2. The average Bonchev–Trinajstić information content (AvgIpc) is 3.43. The molecule has 0 fully saturated rings. The Bertz CT molecular complexity index is 1300. The summed E-state index contributed by atoms with van der Waals surface area (Å²) in [5.41, 5.74) is -0.342. The van der Waals surface area contributed by atoms with Crippen LogP contribution in [0.4, 0.5) is 19.4 Å². The molecule has 0 aliphatic carbocycles. The first-order valence-corrected chi connectivity index (χ1v) is 11.7. The summed E-state index contributed by atoms with van der Waals surface area (Å²) in [4.78, 5) is 53.3. The van der Waals surface area contributed by atoms with Crippen molar-refractivity contribution in [2.45, 2.75) is 13.8 Å². The fraction of sp³-hybridized carbons (Fsp3) is 0.182. The van der Waals surface area contributed by atoms with Crippen LogP contribution in [0.3, 0.4) is 0 Å². The lowest BCUT2D eigenvalue weighted by molar-refractivity contribution is -0.380. The molecule has 0 bridgehead atoms. The molecule has 2 aromatic heterocycles. The van der Waals surface area contributed by atoms with Gasteiger partial charge in [0.25, 0.3) is 5.91 Å². The van der Waals surface area contributed by atoms with E-state index < -0.39 is 28.6 Å². The molecular weight excluding hydrogens is 501 g/mol. The van der Waals surface area contributed by atoms with Crippen LogP contribution in [-0.4, -0.2) is 42.2 Å². The summed E-state index contributed by atoms with van der Waals surface area (Å²) in [7, 11) is 0. The van der Waals surface area contributed by atoms with Crippen LogP contribution in [0.25, 0.3) is 0 Å². The van der Waals surface area contributed by atoms with Crippen molar-refractivity contribution in [3.05, 3.63) is 73.9 Å². The second-order valence-electron chi connectivity index (χ2n) is 6.58. The van der Waals surface area contributed by atoms with Gasteiger partial charge in [0.2, 0.25) is 0 Å². The fourth-order valence-electron chi connectivity index (χ4n) is 2.80. The number of esters is 2. The van der Waals surface area contributed by atoms with Crippen molar-refractivity contribution in [2.75, 3.05) is 18.5 Å². The zero-order valence-electron chi connectivity index (χ0n) is 18.4. The number of nitrogens with one attached hydrogen (secondary N) is 1. The average molecular weight is 520 g/mol. The number of hydrogen-bond acceptors (Lipinski definition) is 10. The molecule has 2 heterocycles. The van der Waals surface area contributed by atoms with Crippen LogP contribution in [0.5, 0.6) is 0 Å². The lowest BCUT2D eigenvalue weighted by atomic mass is 10.1. The highest BCUT2D eigenvalue weighted by atomic mass is 32.1. The number of benzene rings is 1. The zero-order valence-corrected chi connectivity index (χ0v) is 20.0. The van der Waals surface area contributed by atoms with Crippen molar-refractivity contribution in [2.24, 2.45) is 4.99 Å². The molecule has 10 nitrogen and oxygen atoms in total. The third-order valence-corrected chi connectivity index (χ3v) is 6.27. The smallest absolute Gasteiger partial charge is 0.342 e. The molecule has 0 radical (unpaired) electrons. The number of nitro groups is 1. The molecule has 35 heavy (non-hydrogen) atoms. The number of nitrogens with zero attached hydrogens (tertiary/aromatic N) is 2. The van der Waals surface area contributed by atoms with Crippen molar-refractivity contribution in [1.29, 1.82) is 0 Å². The zero-order chi connectivity index (χ0) is 25.5. The molecule has 0 aliphatic heterocycles. The lowest BCUT2D eigenvalue weighted by Crippen LogP contribution is -2.17. The highest BCUT2D eigenvalue weighted by Gasteiger charge is 2.31. The first kappa shape index (κ1) is 25.6. The Morgan fingerprint density at radius 2 is 1.66 bits per heavy atom. The number of thiophene rings is 2. The summed E-state index contributed by atoms with van der Waals surface area (Å²) >= 11 is 1.69. The van der Waals surface area contributed by atoms with Crippen LogP contribution in [0.2, 0.25) is 0 Å². The molecule has 3 rings (SSSR count). The van der Waals surface area contributed by atoms with Crippen molar-refractivity contribution >= 4 is 61.7 Å². The van der Waals surface area contributed by atoms with Gasteiger partial charge in [0.15, 0.2) is 0 Å². The maximum Gasteiger partial charge on any atom is 0.342 e. The molecule has 0 saturated heterocycles. The van der Waals surface area contributed by atoms with E-state index in [1.54, 1.807) is 13.8 Å². The van der Waals surface area contributed by atoms with Gasteiger partial charge in [-0.3, -0.25) is 14.9 Å². The van der Waals surface area contributed by atoms with Gasteiger partial charge in [-0.25, -0.2) is 19.0 Å². The number of amides is 1. The van der Waals surface area contributed by atoms with Crippen molar-refractivity contribution in [3.63, 3.8) is 0 Å². The van der Waals surface area contributed by atoms with Crippen molar-refractivity contribution < 1.29 is 33.2 Å². The molecule has 0 spiro atoms. The number of ether oxygens (including phenoxy) is 2. The van der Waals surface area contributed by atoms with Gasteiger partial charge < -0.3 is 14.8 Å². The fourth-order valence-corrected chi connectivity index (χ4v) is 4.51. The van der Waals surface area contributed by atoms with Gasteiger partial charge in [-0.1, -0.05) is 22.7 Å². The summed E-state index contributed by atoms with van der Waals surface area (Å²) in [6, 6.07) is 7.53. The number of hydrogen-bond donors (Lipinski definition) is 1. The molecule has 182 valence electrons. The highest BCUT2D eigenvalue weighted by molar-refractivity contribution is 7.21. The van der Waals surface area contributed by atoms with Crippen LogP contribution < -0.4 is 5.32 Å². The van der Waals surface area contributed by atoms with Crippen molar-refractivity contribution in [1.82, 2.24) is 0 Å². The van der Waals surface area contributed by atoms with Crippen LogP contribution in [0.1, 0.15) is 49.8 Å². The largest absolute Gasteiger partial charge is 0.462 e. The molecule has 1 aromatic carbocycles. The SMILES string of the molecule is CCOC(=O)c1c(N=Cc2ccc([N+](=O)[O-])s2)sc(NC(=O)c2ccc(F)cc2)c1C(=O)OCC. The minimum absolute atomic E-state index is 0.000240. The van der Waals surface area contributed by atoms with E-state index in [9.17, 15) is 28.9 Å². The Morgan fingerprint density at radius 3 is 2.23 bits per heavy atom. The molecule has 0 saturated carbocycles. The van der Waals surface area contributed by atoms with E-state index in [4.69, 9.17) is 9.47 Å². The summed E-state index contributed by atoms with van der Waals surface area (Å²) in [6.45, 7) is 3.17. The molecule has 13 heteroatoms. The lowest BCUT2D eigenvalue weighted by Gasteiger charge is -2.08. The summed E-state index contributed by atoms with van der Waals surface area (Å²) in [6.07, 6.45) is 1.30. The van der Waals surface area contributed by atoms with Crippen LogP contribution in [0.15, 0.2) is 41.4 Å². The molecule has 1 amide bonds. The first-order chi connectivity index (χ1) is 16.7. The minimum atomic E-state index is -0.880. The topological polar surface area (TPSA) is 137 Å². The molecule has 1 N–H and O–H groups in total. The van der Waals surface area contributed by atoms with E-state index in [0.29, 0.717) is 4.88 Å². The number of rotatable bonds is 9. The predicted molar refractivity (Wildman–Crippen MR) is 129 cm³/mol. The Labute approximate surface area is 206 Å². The summed E-state index contributed by atoms with van der Waals surface area (Å²) in [5.74, 6) is -2.93. The second-order valence-corrected chi connectivity index (χ2v) is 8.67. The van der Waals surface area contributed by atoms with Gasteiger partial charge in [0, 0.05) is 17.8 Å². The number of anilines is 1. The first-order valence-electron chi connectivity index (χ1n) is 10.1.